The number of piperazine rings is 1. The predicted octanol–water partition coefficient (Wildman–Crippen LogP) is 3.13. The van der Waals surface area contributed by atoms with Gasteiger partial charge >= 0.3 is 0 Å². The van der Waals surface area contributed by atoms with Crippen LogP contribution in [0.25, 0.3) is 0 Å². The second-order valence-corrected chi connectivity index (χ2v) is 11.5. The fourth-order valence-corrected chi connectivity index (χ4v) is 4.60. The smallest absolute Gasteiger partial charge is 0.273 e. The number of amidine groups is 1. The van der Waals surface area contributed by atoms with Crippen LogP contribution in [-0.4, -0.2) is 76.6 Å². The molecule has 0 aromatic rings. The third-order valence-electron chi connectivity index (χ3n) is 7.19. The van der Waals surface area contributed by atoms with Gasteiger partial charge in [-0.05, 0) is 57.8 Å². The van der Waals surface area contributed by atoms with Crippen LogP contribution in [0.2, 0.25) is 0 Å². The van der Waals surface area contributed by atoms with Crippen molar-refractivity contribution in [3.05, 3.63) is 60.8 Å². The Bertz CT molecular complexity index is 1170. The minimum absolute atomic E-state index is 0.168. The van der Waals surface area contributed by atoms with Crippen molar-refractivity contribution in [1.82, 2.24) is 21.3 Å². The number of hydrogen-bond acceptors (Lipinski definition) is 8. The normalized spacial score (nSPS) is 20.9. The van der Waals surface area contributed by atoms with Crippen molar-refractivity contribution >= 4 is 29.5 Å². The molecule has 11 nitrogen and oxygen atoms in total. The van der Waals surface area contributed by atoms with E-state index in [1.807, 2.05) is 13.8 Å². The van der Waals surface area contributed by atoms with Gasteiger partial charge in [-0.1, -0.05) is 81.5 Å². The zero-order chi connectivity index (χ0) is 33.0. The van der Waals surface area contributed by atoms with Gasteiger partial charge in [-0.3, -0.25) is 25.0 Å². The van der Waals surface area contributed by atoms with Crippen molar-refractivity contribution in [3.63, 3.8) is 0 Å². The topological polar surface area (TPSA) is 165 Å². The maximum atomic E-state index is 13.0. The Kier molecular flexibility index (Phi) is 17.6. The van der Waals surface area contributed by atoms with Crippen molar-refractivity contribution in [1.29, 1.82) is 0 Å². The molecule has 2 heterocycles. The number of carbonyl (C=O) groups excluding carboxylic acids is 3. The van der Waals surface area contributed by atoms with Crippen LogP contribution in [0, 0.1) is 5.92 Å². The van der Waals surface area contributed by atoms with E-state index < -0.39 is 42.1 Å². The number of aliphatic imine (C=N–C) groups is 2. The third kappa shape index (κ3) is 14.3. The van der Waals surface area contributed by atoms with Gasteiger partial charge in [-0.15, -0.1) is 0 Å². The van der Waals surface area contributed by atoms with Gasteiger partial charge in [0.2, 0.25) is 17.8 Å². The first-order chi connectivity index (χ1) is 21.6. The molecule has 6 N–H and O–H groups in total. The third-order valence-corrected chi connectivity index (χ3v) is 7.19. The summed E-state index contributed by atoms with van der Waals surface area (Å²) in [6, 6.07) is -2.32. The molecule has 1 fully saturated rings. The number of nitrogens with one attached hydrogen (secondary N) is 4. The molecule has 0 saturated carbocycles. The molecular formula is C34H52N6O5. The summed E-state index contributed by atoms with van der Waals surface area (Å²) in [6.07, 6.45) is 25.8. The number of hydrogen-bond donors (Lipinski definition) is 6. The highest BCUT2D eigenvalue weighted by molar-refractivity contribution is 6.20. The summed E-state index contributed by atoms with van der Waals surface area (Å²) in [6.45, 7) is 7.45. The Hall–Kier alpha value is -3.67. The minimum atomic E-state index is -1.08. The lowest BCUT2D eigenvalue weighted by atomic mass is 10.0. The molecule has 1 unspecified atom stereocenters. The first-order valence-corrected chi connectivity index (χ1v) is 16.1. The quantitative estimate of drug-likeness (QED) is 0.101. The fourth-order valence-electron chi connectivity index (χ4n) is 4.60. The summed E-state index contributed by atoms with van der Waals surface area (Å²) in [7, 11) is 0. The van der Waals surface area contributed by atoms with E-state index in [-0.39, 0.29) is 36.6 Å². The van der Waals surface area contributed by atoms with E-state index in [1.165, 1.54) is 6.92 Å². The molecular weight excluding hydrogens is 572 g/mol. The number of aliphatic hydroxyl groups excluding tert-OH is 2. The van der Waals surface area contributed by atoms with Crippen molar-refractivity contribution in [3.8, 4) is 0 Å². The monoisotopic (exact) mass is 624 g/mol. The van der Waals surface area contributed by atoms with Gasteiger partial charge in [0.15, 0.2) is 0 Å². The van der Waals surface area contributed by atoms with Gasteiger partial charge in [-0.25, -0.2) is 0 Å². The maximum Gasteiger partial charge on any atom is 0.273 e. The van der Waals surface area contributed by atoms with Crippen LogP contribution in [0.4, 0.5) is 0 Å². The number of guanidine groups is 1. The highest BCUT2D eigenvalue weighted by Gasteiger charge is 2.38. The Morgan fingerprint density at radius 2 is 1.49 bits per heavy atom. The molecule has 3 amide bonds. The number of unbranched alkanes of at least 4 members (excludes halogenated alkanes) is 1. The van der Waals surface area contributed by atoms with E-state index in [1.54, 1.807) is 0 Å². The number of amides is 3. The molecule has 0 bridgehead atoms. The van der Waals surface area contributed by atoms with E-state index in [2.05, 4.69) is 98.9 Å². The molecule has 0 radical (unpaired) electrons. The number of nitrogens with zero attached hydrogens (tertiary/aromatic N) is 2. The van der Waals surface area contributed by atoms with Crippen molar-refractivity contribution < 1.29 is 24.6 Å². The fraction of sp³-hybridized carbons (Fsp3) is 0.559. The molecule has 1 saturated heterocycles. The molecule has 248 valence electrons. The number of rotatable bonds is 18. The molecule has 5 atom stereocenters. The number of carbonyl (C=O) groups is 3. The summed E-state index contributed by atoms with van der Waals surface area (Å²) in [5.41, 5.74) is 0. The average Bonchev–Trinajstić information content (AvgIpc) is 3.00. The molecule has 2 rings (SSSR count). The largest absolute Gasteiger partial charge is 0.391 e. The highest BCUT2D eigenvalue weighted by atomic mass is 16.3. The first kappa shape index (κ1) is 37.5. The number of allylic oxidation sites excluding steroid dienone is 10. The predicted molar refractivity (Wildman–Crippen MR) is 180 cm³/mol. The summed E-state index contributed by atoms with van der Waals surface area (Å²) in [4.78, 5) is 46.3. The Labute approximate surface area is 267 Å². The maximum absolute atomic E-state index is 13.0. The van der Waals surface area contributed by atoms with E-state index >= 15 is 0 Å². The van der Waals surface area contributed by atoms with Gasteiger partial charge < -0.3 is 20.8 Å². The van der Waals surface area contributed by atoms with Crippen LogP contribution in [0.3, 0.4) is 0 Å². The molecule has 0 spiro atoms. The minimum Gasteiger partial charge on any atom is -0.391 e. The van der Waals surface area contributed by atoms with Crippen LogP contribution in [-0.2, 0) is 14.4 Å². The zero-order valence-corrected chi connectivity index (χ0v) is 27.1. The van der Waals surface area contributed by atoms with Crippen LogP contribution in [0.5, 0.6) is 0 Å². The molecule has 45 heavy (non-hydrogen) atoms. The van der Waals surface area contributed by atoms with Crippen molar-refractivity contribution in [2.45, 2.75) is 109 Å². The van der Waals surface area contributed by atoms with E-state index in [9.17, 15) is 24.6 Å². The van der Waals surface area contributed by atoms with Crippen molar-refractivity contribution in [2.75, 3.05) is 6.54 Å². The highest BCUT2D eigenvalue weighted by Crippen LogP contribution is 2.11. The van der Waals surface area contributed by atoms with Gasteiger partial charge in [0.1, 0.15) is 17.9 Å². The lowest BCUT2D eigenvalue weighted by Crippen LogP contribution is -2.66. The standard InChI is InChI=1S/C34H52N6O5/c1-5-6-7-8-9-10-11-12-13-14-15-16-17-18-19-20-21-22-27(42)37-28(24(2)3)32(44)39-34-38-31-29(33(45)40-34)36-26(23-35-31)30(43)25(4)41/h6-7,9-10,12-13,15-16,18-19,24-26,28-30,36,41,43H,5,8,11,14,17,20-23H2,1-4H3,(H,37,42)(H2,35,38,39,40,44,45)/t25-,26+,28-,29?,30-/m0/s1. The first-order valence-electron chi connectivity index (χ1n) is 16.1. The Balaban J connectivity index is 1.69. The van der Waals surface area contributed by atoms with E-state index in [0.717, 1.165) is 38.5 Å². The molecule has 2 aliphatic heterocycles. The van der Waals surface area contributed by atoms with Gasteiger partial charge in [-0.2, -0.15) is 9.98 Å². The van der Waals surface area contributed by atoms with Gasteiger partial charge in [0.25, 0.3) is 5.91 Å². The SMILES string of the molecule is CCC=CCC=CCC=CCC=CCC=CCCCC(=O)N[C@H](C(=O)NC1=NC(=O)C2N[C@@H]([C@@H](O)[C@H](C)O)CNC2=N1)C(C)C. The van der Waals surface area contributed by atoms with Crippen molar-refractivity contribution in [2.24, 2.45) is 15.9 Å². The Morgan fingerprint density at radius 1 is 0.911 bits per heavy atom. The lowest BCUT2D eigenvalue weighted by Gasteiger charge is -2.36. The van der Waals surface area contributed by atoms with Gasteiger partial charge in [0.05, 0.1) is 18.2 Å². The summed E-state index contributed by atoms with van der Waals surface area (Å²) in [5.74, 6) is -1.46. The number of aliphatic hydroxyl groups is 2. The van der Waals surface area contributed by atoms with Crippen LogP contribution in [0.1, 0.15) is 79.1 Å². The van der Waals surface area contributed by atoms with Gasteiger partial charge in [0, 0.05) is 13.0 Å². The summed E-state index contributed by atoms with van der Waals surface area (Å²) in [5, 5.41) is 31.0. The van der Waals surface area contributed by atoms with E-state index in [0.29, 0.717) is 6.42 Å². The second kappa shape index (κ2) is 21.1. The molecule has 2 aliphatic rings. The zero-order valence-electron chi connectivity index (χ0n) is 27.1. The number of fused-ring (bicyclic) bond motifs is 1. The molecule has 11 heteroatoms. The Morgan fingerprint density at radius 3 is 2.04 bits per heavy atom. The van der Waals surface area contributed by atoms with E-state index in [4.69, 9.17) is 0 Å². The molecule has 0 aromatic carbocycles. The molecule has 0 aromatic heterocycles. The second-order valence-electron chi connectivity index (χ2n) is 11.5. The lowest BCUT2D eigenvalue weighted by molar-refractivity contribution is -0.129. The summed E-state index contributed by atoms with van der Waals surface area (Å²) >= 11 is 0. The summed E-state index contributed by atoms with van der Waals surface area (Å²) < 4.78 is 0. The van der Waals surface area contributed by atoms with Crippen LogP contribution >= 0.6 is 0 Å². The van der Waals surface area contributed by atoms with Crippen LogP contribution < -0.4 is 21.3 Å². The molecule has 0 aliphatic carbocycles. The average molecular weight is 625 g/mol. The van der Waals surface area contributed by atoms with Crippen LogP contribution in [0.15, 0.2) is 70.7 Å².